The Kier molecular flexibility index (Phi) is 8.06. The number of carbonyl (C=O) groups excluding carboxylic acids is 2. The monoisotopic (exact) mass is 491 g/mol. The third-order valence-corrected chi connectivity index (χ3v) is 6.51. The molecule has 0 aliphatic rings. The van der Waals surface area contributed by atoms with Crippen molar-refractivity contribution in [3.05, 3.63) is 58.1 Å². The number of nitrogens with one attached hydrogen (secondary N) is 3. The van der Waals surface area contributed by atoms with Gasteiger partial charge in [0.15, 0.2) is 0 Å². The van der Waals surface area contributed by atoms with Crippen LogP contribution in [0.5, 0.6) is 0 Å². The second-order valence-corrected chi connectivity index (χ2v) is 9.15. The van der Waals surface area contributed by atoms with Gasteiger partial charge in [0.2, 0.25) is 11.0 Å². The molecule has 2 aromatic carbocycles. The number of amides is 3. The van der Waals surface area contributed by atoms with Gasteiger partial charge in [-0.1, -0.05) is 78.6 Å². The van der Waals surface area contributed by atoms with E-state index < -0.39 is 12.1 Å². The highest BCUT2D eigenvalue weighted by Gasteiger charge is 2.27. The number of hydrogen-bond donors (Lipinski definition) is 3. The average molecular weight is 492 g/mol. The fraction of sp³-hybridized carbons (Fsp3) is 0.273. The zero-order valence-electron chi connectivity index (χ0n) is 17.8. The average Bonchev–Trinajstić information content (AvgIpc) is 3.22. The maximum absolute atomic E-state index is 12.9. The van der Waals surface area contributed by atoms with Crippen LogP contribution in [0.2, 0.25) is 10.0 Å². The van der Waals surface area contributed by atoms with Crippen molar-refractivity contribution < 1.29 is 9.59 Å². The Balaban J connectivity index is 1.68. The number of aryl methyl sites for hydroxylation is 1. The minimum Gasteiger partial charge on any atom is -0.326 e. The zero-order chi connectivity index (χ0) is 23.3. The van der Waals surface area contributed by atoms with E-state index in [4.69, 9.17) is 23.2 Å². The second-order valence-electron chi connectivity index (χ2n) is 7.36. The van der Waals surface area contributed by atoms with Gasteiger partial charge in [-0.25, -0.2) is 4.79 Å². The van der Waals surface area contributed by atoms with E-state index in [1.54, 1.807) is 12.1 Å². The summed E-state index contributed by atoms with van der Waals surface area (Å²) < 4.78 is 0. The van der Waals surface area contributed by atoms with Crippen molar-refractivity contribution >= 4 is 57.3 Å². The van der Waals surface area contributed by atoms with E-state index in [1.807, 2.05) is 45.0 Å². The van der Waals surface area contributed by atoms with Crippen LogP contribution in [0.4, 0.5) is 15.6 Å². The zero-order valence-corrected chi connectivity index (χ0v) is 20.1. The van der Waals surface area contributed by atoms with Gasteiger partial charge in [0.1, 0.15) is 11.0 Å². The molecule has 3 rings (SSSR count). The molecule has 3 aromatic rings. The summed E-state index contributed by atoms with van der Waals surface area (Å²) in [4.78, 5) is 25.5. The van der Waals surface area contributed by atoms with E-state index >= 15 is 0 Å². The number of nitrogens with zero attached hydrogens (tertiary/aromatic N) is 2. The molecule has 0 fully saturated rings. The number of urea groups is 1. The Bertz CT molecular complexity index is 1120. The lowest BCUT2D eigenvalue weighted by molar-refractivity contribution is -0.119. The van der Waals surface area contributed by atoms with E-state index in [2.05, 4.69) is 26.1 Å². The molecule has 0 spiro atoms. The standard InChI is InChI=1S/C22H23Cl2N5O2S/c1-4-13(3)18(26-21(31)25-15-8-9-16(23)17(24)11-15)19(30)27-22-29-28-20(32-22)14-7-5-6-12(2)10-14/h5-11,13,18H,4H2,1-3H3,(H2,25,26,31)(H,27,29,30)/t13-,18-/m1/s1. The largest absolute Gasteiger partial charge is 0.326 e. The molecule has 0 saturated heterocycles. The van der Waals surface area contributed by atoms with Gasteiger partial charge < -0.3 is 10.6 Å². The lowest BCUT2D eigenvalue weighted by Gasteiger charge is -2.23. The molecule has 2 atom stereocenters. The van der Waals surface area contributed by atoms with Gasteiger partial charge in [0.05, 0.1) is 10.0 Å². The Hall–Kier alpha value is -2.68. The normalized spacial score (nSPS) is 12.7. The van der Waals surface area contributed by atoms with Crippen molar-refractivity contribution in [2.24, 2.45) is 5.92 Å². The predicted octanol–water partition coefficient (Wildman–Crippen LogP) is 6.00. The summed E-state index contributed by atoms with van der Waals surface area (Å²) >= 11 is 13.2. The van der Waals surface area contributed by atoms with Crippen molar-refractivity contribution in [1.82, 2.24) is 15.5 Å². The molecule has 0 aliphatic carbocycles. The number of rotatable bonds is 7. The molecule has 1 heterocycles. The van der Waals surface area contributed by atoms with Crippen LogP contribution in [-0.4, -0.2) is 28.2 Å². The quantitative estimate of drug-likeness (QED) is 0.377. The molecule has 0 saturated carbocycles. The highest BCUT2D eigenvalue weighted by molar-refractivity contribution is 7.18. The fourth-order valence-corrected chi connectivity index (χ4v) is 3.98. The molecule has 3 amide bonds. The van der Waals surface area contributed by atoms with E-state index in [9.17, 15) is 9.59 Å². The summed E-state index contributed by atoms with van der Waals surface area (Å²) in [5, 5.41) is 18.2. The summed E-state index contributed by atoms with van der Waals surface area (Å²) in [7, 11) is 0. The summed E-state index contributed by atoms with van der Waals surface area (Å²) in [6.07, 6.45) is 0.690. The molecule has 0 aliphatic heterocycles. The van der Waals surface area contributed by atoms with Gasteiger partial charge in [-0.05, 0) is 37.1 Å². The molecule has 7 nitrogen and oxygen atoms in total. The molecule has 0 unspecified atom stereocenters. The number of hydrogen-bond acceptors (Lipinski definition) is 5. The number of halogens is 2. The minimum absolute atomic E-state index is 0.112. The summed E-state index contributed by atoms with van der Waals surface area (Å²) in [5.41, 5.74) is 2.50. The first-order valence-electron chi connectivity index (χ1n) is 10.0. The number of carbonyl (C=O) groups is 2. The smallest absolute Gasteiger partial charge is 0.319 e. The van der Waals surface area contributed by atoms with Crippen LogP contribution in [0.3, 0.4) is 0 Å². The van der Waals surface area contributed by atoms with E-state index in [1.165, 1.54) is 17.4 Å². The van der Waals surface area contributed by atoms with Crippen LogP contribution in [0, 0.1) is 12.8 Å². The van der Waals surface area contributed by atoms with Gasteiger partial charge >= 0.3 is 6.03 Å². The number of aromatic nitrogens is 2. The third-order valence-electron chi connectivity index (χ3n) is 4.88. The lowest BCUT2D eigenvalue weighted by Crippen LogP contribution is -2.49. The van der Waals surface area contributed by atoms with E-state index in [-0.39, 0.29) is 11.8 Å². The fourth-order valence-electron chi connectivity index (χ4n) is 2.94. The highest BCUT2D eigenvalue weighted by Crippen LogP contribution is 2.27. The molecular formula is C22H23Cl2N5O2S. The first-order valence-corrected chi connectivity index (χ1v) is 11.6. The summed E-state index contributed by atoms with van der Waals surface area (Å²) in [6.45, 7) is 5.84. The van der Waals surface area contributed by atoms with Gasteiger partial charge in [-0.2, -0.15) is 0 Å². The molecule has 32 heavy (non-hydrogen) atoms. The predicted molar refractivity (Wildman–Crippen MR) is 131 cm³/mol. The Morgan fingerprint density at radius 1 is 1.06 bits per heavy atom. The molecule has 1 aromatic heterocycles. The van der Waals surface area contributed by atoms with Gasteiger partial charge in [-0.3, -0.25) is 10.1 Å². The van der Waals surface area contributed by atoms with Crippen molar-refractivity contribution in [3.8, 4) is 10.6 Å². The maximum atomic E-state index is 12.9. The van der Waals surface area contributed by atoms with Crippen LogP contribution < -0.4 is 16.0 Å². The molecule has 3 N–H and O–H groups in total. The Labute approximate surface area is 200 Å². The molecule has 0 radical (unpaired) electrons. The summed E-state index contributed by atoms with van der Waals surface area (Å²) in [6, 6.07) is 11.3. The van der Waals surface area contributed by atoms with Crippen molar-refractivity contribution in [3.63, 3.8) is 0 Å². The van der Waals surface area contributed by atoms with E-state index in [0.717, 1.165) is 11.1 Å². The van der Waals surface area contributed by atoms with Crippen LogP contribution in [0.1, 0.15) is 25.8 Å². The molecule has 168 valence electrons. The van der Waals surface area contributed by atoms with Gasteiger partial charge in [-0.15, -0.1) is 10.2 Å². The SMILES string of the molecule is CC[C@@H](C)[C@@H](NC(=O)Nc1ccc(Cl)c(Cl)c1)C(=O)Nc1nnc(-c2cccc(C)c2)s1. The molecule has 10 heteroatoms. The first-order chi connectivity index (χ1) is 15.3. The van der Waals surface area contributed by atoms with Gasteiger partial charge in [0.25, 0.3) is 0 Å². The van der Waals surface area contributed by atoms with Crippen molar-refractivity contribution in [1.29, 1.82) is 0 Å². The van der Waals surface area contributed by atoms with Gasteiger partial charge in [0, 0.05) is 11.3 Å². The van der Waals surface area contributed by atoms with Crippen LogP contribution >= 0.6 is 34.5 Å². The summed E-state index contributed by atoms with van der Waals surface area (Å²) in [5.74, 6) is -0.477. The molecular weight excluding hydrogens is 469 g/mol. The van der Waals surface area contributed by atoms with E-state index in [0.29, 0.717) is 32.3 Å². The number of anilines is 2. The Morgan fingerprint density at radius 3 is 2.53 bits per heavy atom. The lowest BCUT2D eigenvalue weighted by atomic mass is 9.98. The van der Waals surface area contributed by atoms with Crippen molar-refractivity contribution in [2.75, 3.05) is 10.6 Å². The molecule has 0 bridgehead atoms. The topological polar surface area (TPSA) is 96.0 Å². The first kappa shape index (κ1) is 24.0. The second kappa shape index (κ2) is 10.8. The number of benzene rings is 2. The van der Waals surface area contributed by atoms with Crippen LogP contribution in [-0.2, 0) is 4.79 Å². The van der Waals surface area contributed by atoms with Crippen LogP contribution in [0.25, 0.3) is 10.6 Å². The van der Waals surface area contributed by atoms with Crippen molar-refractivity contribution in [2.45, 2.75) is 33.2 Å². The highest BCUT2D eigenvalue weighted by atomic mass is 35.5. The van der Waals surface area contributed by atoms with Crippen LogP contribution in [0.15, 0.2) is 42.5 Å². The minimum atomic E-state index is -0.769. The Morgan fingerprint density at radius 2 is 1.84 bits per heavy atom. The third kappa shape index (κ3) is 6.18. The maximum Gasteiger partial charge on any atom is 0.319 e.